The molecule has 1 N–H and O–H groups in total. The van der Waals surface area contributed by atoms with Crippen molar-refractivity contribution in [2.45, 2.75) is 18.2 Å². The average Bonchev–Trinajstić information content (AvgIpc) is 2.99. The molecule has 0 aliphatic carbocycles. The van der Waals surface area contributed by atoms with Crippen molar-refractivity contribution in [1.82, 2.24) is 9.78 Å². The van der Waals surface area contributed by atoms with Crippen molar-refractivity contribution in [3.63, 3.8) is 0 Å². The highest BCUT2D eigenvalue weighted by Crippen LogP contribution is 2.27. The van der Waals surface area contributed by atoms with E-state index in [1.807, 2.05) is 42.5 Å². The van der Waals surface area contributed by atoms with E-state index in [1.54, 1.807) is 19.2 Å². The van der Waals surface area contributed by atoms with Crippen LogP contribution in [-0.4, -0.2) is 18.2 Å². The van der Waals surface area contributed by atoms with Crippen molar-refractivity contribution >= 4 is 15.7 Å². The minimum absolute atomic E-state index is 0.163. The third-order valence-corrected chi connectivity index (χ3v) is 5.13. The Bertz CT molecular complexity index is 930. The number of aryl methyl sites for hydroxylation is 2. The maximum Gasteiger partial charge on any atom is 0.265 e. The minimum Gasteiger partial charge on any atom is -0.280 e. The molecule has 124 valence electrons. The van der Waals surface area contributed by atoms with Crippen LogP contribution in [0.4, 0.5) is 5.69 Å². The van der Waals surface area contributed by atoms with Gasteiger partial charge in [-0.3, -0.25) is 9.40 Å². The van der Waals surface area contributed by atoms with E-state index in [-0.39, 0.29) is 4.90 Å². The fraction of sp³-hybridized carbons (Fsp3) is 0.167. The molecule has 3 aromatic rings. The quantitative estimate of drug-likeness (QED) is 0.773. The molecule has 0 atom stereocenters. The normalized spacial score (nSPS) is 11.4. The van der Waals surface area contributed by atoms with E-state index in [4.69, 9.17) is 0 Å². The van der Waals surface area contributed by atoms with Gasteiger partial charge in [0.05, 0.1) is 0 Å². The highest BCUT2D eigenvalue weighted by Gasteiger charge is 2.23. The van der Waals surface area contributed by atoms with Crippen molar-refractivity contribution in [1.29, 1.82) is 0 Å². The van der Waals surface area contributed by atoms with E-state index in [0.29, 0.717) is 11.4 Å². The summed E-state index contributed by atoms with van der Waals surface area (Å²) in [6.07, 6.45) is 2.43. The van der Waals surface area contributed by atoms with Gasteiger partial charge in [-0.05, 0) is 24.1 Å². The SMILES string of the molecule is CCc1ccc(NS(=O)(=O)c2cn(C)nc2-c2ccccc2)cc1. The lowest BCUT2D eigenvalue weighted by Crippen LogP contribution is -2.13. The van der Waals surface area contributed by atoms with Gasteiger partial charge in [-0.1, -0.05) is 49.4 Å². The second kappa shape index (κ2) is 6.49. The van der Waals surface area contributed by atoms with Gasteiger partial charge in [0, 0.05) is 24.5 Å². The molecule has 0 radical (unpaired) electrons. The molecule has 0 amide bonds. The molecule has 0 spiro atoms. The van der Waals surface area contributed by atoms with Gasteiger partial charge < -0.3 is 0 Å². The van der Waals surface area contributed by atoms with E-state index in [2.05, 4.69) is 16.7 Å². The van der Waals surface area contributed by atoms with Gasteiger partial charge >= 0.3 is 0 Å². The van der Waals surface area contributed by atoms with Crippen molar-refractivity contribution in [3.8, 4) is 11.3 Å². The summed E-state index contributed by atoms with van der Waals surface area (Å²) in [5.74, 6) is 0. The zero-order chi connectivity index (χ0) is 17.2. The first-order valence-corrected chi connectivity index (χ1v) is 9.19. The van der Waals surface area contributed by atoms with Crippen LogP contribution < -0.4 is 4.72 Å². The molecule has 0 saturated carbocycles. The lowest BCUT2D eigenvalue weighted by atomic mass is 10.2. The number of hydrogen-bond donors (Lipinski definition) is 1. The van der Waals surface area contributed by atoms with E-state index in [9.17, 15) is 8.42 Å². The first-order chi connectivity index (χ1) is 11.5. The molecule has 24 heavy (non-hydrogen) atoms. The molecular weight excluding hydrogens is 322 g/mol. The number of anilines is 1. The molecule has 5 nitrogen and oxygen atoms in total. The Kier molecular flexibility index (Phi) is 4.40. The predicted molar refractivity (Wildman–Crippen MR) is 95.3 cm³/mol. The second-order valence-electron chi connectivity index (χ2n) is 5.54. The minimum atomic E-state index is -3.72. The molecule has 0 saturated heterocycles. The van der Waals surface area contributed by atoms with Gasteiger partial charge in [0.1, 0.15) is 10.6 Å². The molecule has 2 aromatic carbocycles. The van der Waals surface area contributed by atoms with Crippen LogP contribution in [0.15, 0.2) is 65.7 Å². The maximum atomic E-state index is 12.8. The molecule has 0 bridgehead atoms. The van der Waals surface area contributed by atoms with Gasteiger partial charge in [0.15, 0.2) is 0 Å². The molecule has 0 aliphatic heterocycles. The zero-order valence-electron chi connectivity index (χ0n) is 13.6. The number of nitrogens with zero attached hydrogens (tertiary/aromatic N) is 2. The summed E-state index contributed by atoms with van der Waals surface area (Å²) in [4.78, 5) is 0.163. The molecule has 6 heteroatoms. The summed E-state index contributed by atoms with van der Waals surface area (Å²) in [6.45, 7) is 2.06. The van der Waals surface area contributed by atoms with Crippen LogP contribution in [0.2, 0.25) is 0 Å². The van der Waals surface area contributed by atoms with Crippen molar-refractivity contribution in [2.24, 2.45) is 7.05 Å². The van der Waals surface area contributed by atoms with Gasteiger partial charge in [0.25, 0.3) is 10.0 Å². The van der Waals surface area contributed by atoms with Crippen molar-refractivity contribution in [3.05, 3.63) is 66.4 Å². The fourth-order valence-electron chi connectivity index (χ4n) is 2.48. The summed E-state index contributed by atoms with van der Waals surface area (Å²) in [6, 6.07) is 16.7. The summed E-state index contributed by atoms with van der Waals surface area (Å²) < 4.78 is 29.7. The third-order valence-electron chi connectivity index (χ3n) is 3.75. The number of aromatic nitrogens is 2. The Hall–Kier alpha value is -2.60. The Balaban J connectivity index is 1.98. The Labute approximate surface area is 142 Å². The summed E-state index contributed by atoms with van der Waals surface area (Å²) in [5, 5.41) is 4.31. The number of sulfonamides is 1. The van der Waals surface area contributed by atoms with E-state index < -0.39 is 10.0 Å². The largest absolute Gasteiger partial charge is 0.280 e. The Morgan fingerprint density at radius 1 is 1.04 bits per heavy atom. The highest BCUT2D eigenvalue weighted by molar-refractivity contribution is 7.92. The number of rotatable bonds is 5. The third kappa shape index (κ3) is 3.33. The Morgan fingerprint density at radius 3 is 2.33 bits per heavy atom. The summed E-state index contributed by atoms with van der Waals surface area (Å²) in [7, 11) is -2.01. The zero-order valence-corrected chi connectivity index (χ0v) is 14.4. The molecule has 0 aliphatic rings. The fourth-order valence-corrected chi connectivity index (χ4v) is 3.74. The van der Waals surface area contributed by atoms with Gasteiger partial charge in [-0.25, -0.2) is 8.42 Å². The smallest absolute Gasteiger partial charge is 0.265 e. The van der Waals surface area contributed by atoms with E-state index in [1.165, 1.54) is 10.9 Å². The maximum absolute atomic E-state index is 12.8. The van der Waals surface area contributed by atoms with Crippen LogP contribution >= 0.6 is 0 Å². The van der Waals surface area contributed by atoms with Gasteiger partial charge in [-0.15, -0.1) is 0 Å². The molecule has 1 heterocycles. The Morgan fingerprint density at radius 2 is 1.71 bits per heavy atom. The molecular formula is C18H19N3O2S. The van der Waals surface area contributed by atoms with Crippen LogP contribution in [-0.2, 0) is 23.5 Å². The summed E-state index contributed by atoms with van der Waals surface area (Å²) >= 11 is 0. The number of nitrogens with one attached hydrogen (secondary N) is 1. The topological polar surface area (TPSA) is 64.0 Å². The number of benzene rings is 2. The van der Waals surface area contributed by atoms with Crippen LogP contribution in [0.1, 0.15) is 12.5 Å². The van der Waals surface area contributed by atoms with Crippen molar-refractivity contribution in [2.75, 3.05) is 4.72 Å². The summed E-state index contributed by atoms with van der Waals surface area (Å²) in [5.41, 5.74) is 2.90. The van der Waals surface area contributed by atoms with E-state index >= 15 is 0 Å². The molecule has 0 fully saturated rings. The second-order valence-corrected chi connectivity index (χ2v) is 7.19. The molecule has 3 rings (SSSR count). The van der Waals surface area contributed by atoms with Crippen LogP contribution in [0.5, 0.6) is 0 Å². The van der Waals surface area contributed by atoms with Crippen LogP contribution in [0, 0.1) is 0 Å². The predicted octanol–water partition coefficient (Wildman–Crippen LogP) is 3.45. The number of hydrogen-bond acceptors (Lipinski definition) is 3. The molecule has 0 unspecified atom stereocenters. The van der Waals surface area contributed by atoms with E-state index in [0.717, 1.165) is 17.5 Å². The lowest BCUT2D eigenvalue weighted by Gasteiger charge is -2.08. The van der Waals surface area contributed by atoms with Crippen LogP contribution in [0.25, 0.3) is 11.3 Å². The molecule has 1 aromatic heterocycles. The lowest BCUT2D eigenvalue weighted by molar-refractivity contribution is 0.601. The first kappa shape index (κ1) is 16.3. The van der Waals surface area contributed by atoms with Gasteiger partial charge in [-0.2, -0.15) is 5.10 Å². The standard InChI is InChI=1S/C18H19N3O2S/c1-3-14-9-11-16(12-10-14)20-24(22,23)17-13-21(2)19-18(17)15-7-5-4-6-8-15/h4-13,20H,3H2,1-2H3. The first-order valence-electron chi connectivity index (χ1n) is 7.70. The monoisotopic (exact) mass is 341 g/mol. The average molecular weight is 341 g/mol. The van der Waals surface area contributed by atoms with Gasteiger partial charge in [0.2, 0.25) is 0 Å². The van der Waals surface area contributed by atoms with Crippen LogP contribution in [0.3, 0.4) is 0 Å². The highest BCUT2D eigenvalue weighted by atomic mass is 32.2. The van der Waals surface area contributed by atoms with Crippen molar-refractivity contribution < 1.29 is 8.42 Å².